The molecule has 0 bridgehead atoms. The van der Waals surface area contributed by atoms with Crippen molar-refractivity contribution in [2.75, 3.05) is 0 Å². The maximum Gasteiger partial charge on any atom is 0.136 e. The summed E-state index contributed by atoms with van der Waals surface area (Å²) in [5, 5.41) is 0. The number of hydrogen-bond donors (Lipinski definition) is 0. The minimum Gasteiger partial charge on any atom is -0.299 e. The van der Waals surface area contributed by atoms with Gasteiger partial charge in [0.25, 0.3) is 0 Å². The predicted octanol–water partition coefficient (Wildman–Crippen LogP) is 5.13. The first-order chi connectivity index (χ1) is 8.81. The number of carbonyl (C=O) groups excluding carboxylic acids is 1. The van der Waals surface area contributed by atoms with Crippen LogP contribution >= 0.6 is 0 Å². The number of Topliss-reactive ketones (excluding diaryl/α,β-unsaturated/α-hetero) is 1. The number of hydrogen-bond acceptors (Lipinski definition) is 1. The van der Waals surface area contributed by atoms with E-state index in [1.54, 1.807) is 0 Å². The van der Waals surface area contributed by atoms with E-state index in [2.05, 4.69) is 6.92 Å². The molecule has 2 rings (SSSR count). The zero-order valence-corrected chi connectivity index (χ0v) is 12.1. The number of ketones is 1. The van der Waals surface area contributed by atoms with Crippen molar-refractivity contribution in [1.29, 1.82) is 0 Å². The summed E-state index contributed by atoms with van der Waals surface area (Å²) in [5.41, 5.74) is 0. The summed E-state index contributed by atoms with van der Waals surface area (Å²) >= 11 is 0. The van der Waals surface area contributed by atoms with Crippen molar-refractivity contribution in [3.05, 3.63) is 0 Å². The van der Waals surface area contributed by atoms with Gasteiger partial charge in [0.05, 0.1) is 0 Å². The second kappa shape index (κ2) is 7.31. The molecule has 0 radical (unpaired) electrons. The topological polar surface area (TPSA) is 17.1 Å². The predicted molar refractivity (Wildman–Crippen MR) is 76.6 cm³/mol. The first-order valence-electron chi connectivity index (χ1n) is 8.34. The third-order valence-corrected chi connectivity index (χ3v) is 5.31. The van der Waals surface area contributed by atoms with Gasteiger partial charge in [-0.15, -0.1) is 0 Å². The van der Waals surface area contributed by atoms with Gasteiger partial charge in [-0.05, 0) is 24.7 Å². The van der Waals surface area contributed by atoms with Gasteiger partial charge in [-0.25, -0.2) is 0 Å². The highest BCUT2D eigenvalue weighted by Crippen LogP contribution is 2.35. The second-order valence-corrected chi connectivity index (χ2v) is 6.59. The van der Waals surface area contributed by atoms with E-state index >= 15 is 0 Å². The quantitative estimate of drug-likeness (QED) is 0.632. The zero-order chi connectivity index (χ0) is 12.8. The highest BCUT2D eigenvalue weighted by atomic mass is 16.1. The maximum atomic E-state index is 12.5. The molecule has 0 aromatic carbocycles. The maximum absolute atomic E-state index is 12.5. The molecule has 0 N–H and O–H groups in total. The summed E-state index contributed by atoms with van der Waals surface area (Å²) in [6.45, 7) is 2.27. The second-order valence-electron chi connectivity index (χ2n) is 6.59. The van der Waals surface area contributed by atoms with Crippen LogP contribution in [0.25, 0.3) is 0 Å². The van der Waals surface area contributed by atoms with Crippen LogP contribution in [0, 0.1) is 17.8 Å². The van der Waals surface area contributed by atoms with Gasteiger partial charge in [0.1, 0.15) is 5.78 Å². The Morgan fingerprint density at radius 1 is 0.889 bits per heavy atom. The molecule has 2 atom stereocenters. The first kappa shape index (κ1) is 14.1. The van der Waals surface area contributed by atoms with Crippen molar-refractivity contribution in [3.63, 3.8) is 0 Å². The van der Waals surface area contributed by atoms with Crippen LogP contribution in [0.2, 0.25) is 0 Å². The Bertz CT molecular complexity index is 250. The van der Waals surface area contributed by atoms with E-state index < -0.39 is 0 Å². The standard InChI is InChI=1S/C17H30O/c1-2-15-11-7-8-12-16(15)17(18)13-14-9-5-3-4-6-10-14/h14-16H,2-13H2,1H3. The van der Waals surface area contributed by atoms with Crippen molar-refractivity contribution in [1.82, 2.24) is 0 Å². The van der Waals surface area contributed by atoms with E-state index in [1.165, 1.54) is 70.6 Å². The average molecular weight is 250 g/mol. The molecule has 2 aliphatic rings. The smallest absolute Gasteiger partial charge is 0.136 e. The van der Waals surface area contributed by atoms with Gasteiger partial charge in [-0.2, -0.15) is 0 Å². The fourth-order valence-corrected chi connectivity index (χ4v) is 4.12. The molecular weight excluding hydrogens is 220 g/mol. The van der Waals surface area contributed by atoms with Crippen LogP contribution in [-0.4, -0.2) is 5.78 Å². The van der Waals surface area contributed by atoms with Crippen molar-refractivity contribution in [3.8, 4) is 0 Å². The van der Waals surface area contributed by atoms with Gasteiger partial charge in [0.2, 0.25) is 0 Å². The molecule has 2 aliphatic carbocycles. The lowest BCUT2D eigenvalue weighted by atomic mass is 9.73. The lowest BCUT2D eigenvalue weighted by Crippen LogP contribution is -2.28. The monoisotopic (exact) mass is 250 g/mol. The lowest BCUT2D eigenvalue weighted by molar-refractivity contribution is -0.126. The number of rotatable bonds is 4. The molecule has 0 saturated heterocycles. The van der Waals surface area contributed by atoms with Crippen molar-refractivity contribution >= 4 is 5.78 Å². The Balaban J connectivity index is 1.85. The molecular formula is C17H30O. The summed E-state index contributed by atoms with van der Waals surface area (Å²) in [6, 6.07) is 0. The molecule has 18 heavy (non-hydrogen) atoms. The SMILES string of the molecule is CCC1CCCCC1C(=O)CC1CCCCCC1. The van der Waals surface area contributed by atoms with E-state index in [9.17, 15) is 4.79 Å². The Morgan fingerprint density at radius 2 is 1.50 bits per heavy atom. The highest BCUT2D eigenvalue weighted by molar-refractivity contribution is 5.81. The molecule has 2 unspecified atom stereocenters. The molecule has 1 heteroatoms. The van der Waals surface area contributed by atoms with Crippen LogP contribution in [0.1, 0.15) is 84.0 Å². The Labute approximate surface area is 113 Å². The minimum absolute atomic E-state index is 0.423. The Hall–Kier alpha value is -0.330. The molecule has 1 nitrogen and oxygen atoms in total. The fourth-order valence-electron chi connectivity index (χ4n) is 4.12. The molecule has 0 spiro atoms. The van der Waals surface area contributed by atoms with Crippen LogP contribution in [-0.2, 0) is 4.79 Å². The molecule has 0 aliphatic heterocycles. The molecule has 0 heterocycles. The van der Waals surface area contributed by atoms with Gasteiger partial charge in [0, 0.05) is 12.3 Å². The van der Waals surface area contributed by atoms with E-state index in [4.69, 9.17) is 0 Å². The van der Waals surface area contributed by atoms with Crippen LogP contribution in [0.15, 0.2) is 0 Å². The van der Waals surface area contributed by atoms with Gasteiger partial charge < -0.3 is 0 Å². The molecule has 0 aromatic rings. The molecule has 0 amide bonds. The average Bonchev–Trinajstić information content (AvgIpc) is 2.67. The Morgan fingerprint density at radius 3 is 2.17 bits per heavy atom. The summed E-state index contributed by atoms with van der Waals surface area (Å²) in [6.07, 6.45) is 15.4. The molecule has 104 valence electrons. The molecule has 0 aromatic heterocycles. The van der Waals surface area contributed by atoms with Crippen LogP contribution < -0.4 is 0 Å². The van der Waals surface area contributed by atoms with Crippen LogP contribution in [0.5, 0.6) is 0 Å². The summed E-state index contributed by atoms with van der Waals surface area (Å²) < 4.78 is 0. The van der Waals surface area contributed by atoms with E-state index in [-0.39, 0.29) is 0 Å². The summed E-state index contributed by atoms with van der Waals surface area (Å²) in [7, 11) is 0. The van der Waals surface area contributed by atoms with Gasteiger partial charge in [0.15, 0.2) is 0 Å². The van der Waals surface area contributed by atoms with Gasteiger partial charge >= 0.3 is 0 Å². The normalized spacial score (nSPS) is 30.9. The largest absolute Gasteiger partial charge is 0.299 e. The fraction of sp³-hybridized carbons (Fsp3) is 0.941. The summed E-state index contributed by atoms with van der Waals surface area (Å²) in [4.78, 5) is 12.5. The van der Waals surface area contributed by atoms with Gasteiger partial charge in [-0.1, -0.05) is 64.7 Å². The third kappa shape index (κ3) is 3.83. The zero-order valence-electron chi connectivity index (χ0n) is 12.1. The van der Waals surface area contributed by atoms with E-state index in [1.807, 2.05) is 0 Å². The highest BCUT2D eigenvalue weighted by Gasteiger charge is 2.30. The van der Waals surface area contributed by atoms with Gasteiger partial charge in [-0.3, -0.25) is 4.79 Å². The molecule has 2 fully saturated rings. The van der Waals surface area contributed by atoms with E-state index in [0.29, 0.717) is 17.6 Å². The first-order valence-corrected chi connectivity index (χ1v) is 8.34. The minimum atomic E-state index is 0.423. The van der Waals surface area contributed by atoms with Crippen LogP contribution in [0.4, 0.5) is 0 Å². The molecule has 2 saturated carbocycles. The summed E-state index contributed by atoms with van der Waals surface area (Å²) in [5.74, 6) is 2.47. The third-order valence-electron chi connectivity index (χ3n) is 5.31. The van der Waals surface area contributed by atoms with Crippen molar-refractivity contribution in [2.45, 2.75) is 84.0 Å². The van der Waals surface area contributed by atoms with Crippen molar-refractivity contribution < 1.29 is 4.79 Å². The number of carbonyl (C=O) groups is 1. The van der Waals surface area contributed by atoms with E-state index in [0.717, 1.165) is 12.3 Å². The lowest BCUT2D eigenvalue weighted by Gasteiger charge is -2.30. The van der Waals surface area contributed by atoms with Crippen LogP contribution in [0.3, 0.4) is 0 Å². The Kier molecular flexibility index (Phi) is 5.72. The van der Waals surface area contributed by atoms with Crippen molar-refractivity contribution in [2.24, 2.45) is 17.8 Å².